The molecule has 0 aromatic rings. The molecule has 2 N–H and O–H groups in total. The lowest BCUT2D eigenvalue weighted by Gasteiger charge is -2.15. The Morgan fingerprint density at radius 3 is 1.46 bits per heavy atom. The van der Waals surface area contributed by atoms with Crippen LogP contribution in [0.5, 0.6) is 0 Å². The van der Waals surface area contributed by atoms with Crippen LogP contribution in [-0.2, 0) is 19.1 Å². The highest BCUT2D eigenvalue weighted by molar-refractivity contribution is 5.80. The molecule has 0 aliphatic rings. The van der Waals surface area contributed by atoms with Gasteiger partial charge in [-0.3, -0.25) is 14.4 Å². The summed E-state index contributed by atoms with van der Waals surface area (Å²) < 4.78 is 5.94. The van der Waals surface area contributed by atoms with E-state index in [9.17, 15) is 14.4 Å². The number of carboxylic acids is 1. The molecule has 0 radical (unpaired) electrons. The average Bonchev–Trinajstić information content (AvgIpc) is 3.07. The Balaban J connectivity index is 4.15. The first kappa shape index (κ1) is 45.9. The average molecular weight is 676 g/mol. The van der Waals surface area contributed by atoms with E-state index in [0.717, 1.165) is 64.2 Å². The number of rotatable bonds is 37. The third-order valence-corrected chi connectivity index (χ3v) is 9.08. The van der Waals surface area contributed by atoms with Gasteiger partial charge in [-0.25, -0.2) is 0 Å². The summed E-state index contributed by atoms with van der Waals surface area (Å²) in [4.78, 5) is 34.8. The zero-order chi connectivity index (χ0) is 35.2. The van der Waals surface area contributed by atoms with Gasteiger partial charge in [0.2, 0.25) is 5.91 Å². The summed E-state index contributed by atoms with van der Waals surface area (Å²) in [6.07, 6.45) is 44.6. The minimum atomic E-state index is -1.02. The molecule has 6 nitrogen and oxygen atoms in total. The van der Waals surface area contributed by atoms with E-state index in [2.05, 4.69) is 43.5 Å². The predicted molar refractivity (Wildman–Crippen MR) is 203 cm³/mol. The van der Waals surface area contributed by atoms with Gasteiger partial charge < -0.3 is 15.2 Å². The zero-order valence-electron chi connectivity index (χ0n) is 31.6. The van der Waals surface area contributed by atoms with Gasteiger partial charge in [0.1, 0.15) is 12.6 Å². The number of nitrogens with one attached hydrogen (secondary N) is 1. The fraction of sp³-hybridized carbons (Fsp3) is 0.833. The van der Waals surface area contributed by atoms with Gasteiger partial charge in [0.05, 0.1) is 0 Å². The molecule has 1 unspecified atom stereocenters. The van der Waals surface area contributed by atoms with Crippen molar-refractivity contribution in [2.45, 2.75) is 219 Å². The fourth-order valence-electron chi connectivity index (χ4n) is 6.01. The number of amides is 1. The minimum Gasteiger partial charge on any atom is -0.480 e. The van der Waals surface area contributed by atoms with Gasteiger partial charge in [-0.15, -0.1) is 0 Å². The summed E-state index contributed by atoms with van der Waals surface area (Å²) in [5.41, 5.74) is 0. The van der Waals surface area contributed by atoms with Gasteiger partial charge in [0.15, 0.2) is 0 Å². The highest BCUT2D eigenvalue weighted by Crippen LogP contribution is 2.16. The standard InChI is InChI=1S/C42H77NO5/c1-3-5-7-9-11-13-14-15-16-17-18-19-21-23-29-33-37-42(47)48-39(34-30-26-22-20-12-10-8-6-4-2)35-31-27-24-25-28-32-36-40(44)43-38-41(45)46/h16-17,30,34,39H,3-15,18-29,31-33,35-38H2,1-2H3,(H,43,44)(H,45,46)/b17-16-,34-30-. The van der Waals surface area contributed by atoms with Crippen molar-refractivity contribution in [3.63, 3.8) is 0 Å². The van der Waals surface area contributed by atoms with Gasteiger partial charge in [-0.1, -0.05) is 154 Å². The number of hydrogen-bond donors (Lipinski definition) is 2. The molecule has 0 aromatic carbocycles. The number of unbranched alkanes of at least 4 members (excludes halogenated alkanes) is 24. The number of allylic oxidation sites excluding steroid dienone is 3. The molecule has 0 aliphatic carbocycles. The molecule has 0 aromatic heterocycles. The molecule has 0 aliphatic heterocycles. The molecule has 1 amide bonds. The van der Waals surface area contributed by atoms with E-state index in [0.29, 0.717) is 12.8 Å². The van der Waals surface area contributed by atoms with E-state index in [1.807, 2.05) is 0 Å². The monoisotopic (exact) mass is 676 g/mol. The molecule has 0 bridgehead atoms. The first-order chi connectivity index (χ1) is 23.5. The topological polar surface area (TPSA) is 92.7 Å². The third kappa shape index (κ3) is 36.7. The van der Waals surface area contributed by atoms with E-state index < -0.39 is 5.97 Å². The molecular weight excluding hydrogens is 598 g/mol. The Bertz CT molecular complexity index is 793. The Morgan fingerprint density at radius 1 is 0.542 bits per heavy atom. The summed E-state index contributed by atoms with van der Waals surface area (Å²) in [5.74, 6) is -1.27. The second kappa shape index (κ2) is 37.7. The van der Waals surface area contributed by atoms with Crippen molar-refractivity contribution in [3.05, 3.63) is 24.3 Å². The molecule has 1 atom stereocenters. The fourth-order valence-corrected chi connectivity index (χ4v) is 6.01. The number of esters is 1. The Hall–Kier alpha value is -2.11. The summed E-state index contributed by atoms with van der Waals surface area (Å²) in [6.45, 7) is 4.22. The lowest BCUT2D eigenvalue weighted by Crippen LogP contribution is -2.28. The highest BCUT2D eigenvalue weighted by Gasteiger charge is 2.11. The number of aliphatic carboxylic acids is 1. The molecule has 0 saturated carbocycles. The van der Waals surface area contributed by atoms with Crippen molar-refractivity contribution >= 4 is 17.8 Å². The minimum absolute atomic E-state index is 0.0601. The maximum absolute atomic E-state index is 12.7. The van der Waals surface area contributed by atoms with Crippen LogP contribution in [0.4, 0.5) is 0 Å². The number of carbonyl (C=O) groups is 3. The third-order valence-electron chi connectivity index (χ3n) is 9.08. The van der Waals surface area contributed by atoms with Crippen LogP contribution < -0.4 is 5.32 Å². The summed E-state index contributed by atoms with van der Waals surface area (Å²) in [7, 11) is 0. The molecule has 6 heteroatoms. The van der Waals surface area contributed by atoms with Crippen molar-refractivity contribution in [1.29, 1.82) is 0 Å². The van der Waals surface area contributed by atoms with Gasteiger partial charge in [0, 0.05) is 12.8 Å². The highest BCUT2D eigenvalue weighted by atomic mass is 16.5. The van der Waals surface area contributed by atoms with E-state index in [1.54, 1.807) is 0 Å². The van der Waals surface area contributed by atoms with E-state index in [4.69, 9.17) is 9.84 Å². The van der Waals surface area contributed by atoms with Crippen molar-refractivity contribution in [2.75, 3.05) is 6.54 Å². The van der Waals surface area contributed by atoms with Crippen LogP contribution in [0, 0.1) is 0 Å². The van der Waals surface area contributed by atoms with Crippen LogP contribution in [0.15, 0.2) is 24.3 Å². The number of hydrogen-bond acceptors (Lipinski definition) is 4. The Morgan fingerprint density at radius 2 is 0.958 bits per heavy atom. The quantitative estimate of drug-likeness (QED) is 0.0388. The maximum atomic E-state index is 12.7. The molecule has 0 spiro atoms. The normalized spacial score (nSPS) is 12.2. The molecule has 0 fully saturated rings. The van der Waals surface area contributed by atoms with Crippen molar-refractivity contribution < 1.29 is 24.2 Å². The predicted octanol–water partition coefficient (Wildman–Crippen LogP) is 12.3. The maximum Gasteiger partial charge on any atom is 0.322 e. The van der Waals surface area contributed by atoms with Crippen LogP contribution >= 0.6 is 0 Å². The first-order valence-electron chi connectivity index (χ1n) is 20.5. The second-order valence-electron chi connectivity index (χ2n) is 13.9. The van der Waals surface area contributed by atoms with Gasteiger partial charge in [-0.2, -0.15) is 0 Å². The summed E-state index contributed by atoms with van der Waals surface area (Å²) in [5, 5.41) is 11.0. The summed E-state index contributed by atoms with van der Waals surface area (Å²) in [6, 6.07) is 0. The van der Waals surface area contributed by atoms with Crippen LogP contribution in [-0.4, -0.2) is 35.6 Å². The van der Waals surface area contributed by atoms with Gasteiger partial charge >= 0.3 is 11.9 Å². The summed E-state index contributed by atoms with van der Waals surface area (Å²) >= 11 is 0. The van der Waals surface area contributed by atoms with E-state index in [-0.39, 0.29) is 24.5 Å². The molecule has 0 saturated heterocycles. The van der Waals surface area contributed by atoms with Crippen LogP contribution in [0.3, 0.4) is 0 Å². The van der Waals surface area contributed by atoms with Crippen LogP contribution in [0.25, 0.3) is 0 Å². The molecule has 0 heterocycles. The smallest absolute Gasteiger partial charge is 0.322 e. The molecule has 280 valence electrons. The Labute approximate surface area is 296 Å². The van der Waals surface area contributed by atoms with E-state index in [1.165, 1.54) is 122 Å². The molecule has 48 heavy (non-hydrogen) atoms. The number of carbonyl (C=O) groups excluding carboxylic acids is 2. The lowest BCUT2D eigenvalue weighted by molar-refractivity contribution is -0.147. The SMILES string of the molecule is CCCCCCCCC/C=C\CCCCCCCC(=O)OC(/C=C\CCCCCCCCC)CCCCCCCCC(=O)NCC(=O)O. The van der Waals surface area contributed by atoms with Crippen molar-refractivity contribution in [2.24, 2.45) is 0 Å². The zero-order valence-corrected chi connectivity index (χ0v) is 31.6. The van der Waals surface area contributed by atoms with Crippen molar-refractivity contribution in [3.8, 4) is 0 Å². The lowest BCUT2D eigenvalue weighted by atomic mass is 10.0. The van der Waals surface area contributed by atoms with Crippen LogP contribution in [0.1, 0.15) is 213 Å². The molecular formula is C42H77NO5. The van der Waals surface area contributed by atoms with Crippen LogP contribution in [0.2, 0.25) is 0 Å². The second-order valence-corrected chi connectivity index (χ2v) is 13.9. The van der Waals surface area contributed by atoms with Gasteiger partial charge in [-0.05, 0) is 70.3 Å². The molecule has 0 rings (SSSR count). The first-order valence-corrected chi connectivity index (χ1v) is 20.5. The largest absolute Gasteiger partial charge is 0.480 e. The van der Waals surface area contributed by atoms with Crippen molar-refractivity contribution in [1.82, 2.24) is 5.32 Å². The van der Waals surface area contributed by atoms with E-state index >= 15 is 0 Å². The Kier molecular flexibility index (Phi) is 36.0. The van der Waals surface area contributed by atoms with Gasteiger partial charge in [0.25, 0.3) is 0 Å². The number of carboxylic acid groups (broad SMARTS) is 1. The number of ether oxygens (including phenoxy) is 1.